The number of anilines is 1. The second-order valence-corrected chi connectivity index (χ2v) is 5.22. The molecule has 0 aromatic carbocycles. The number of carbonyl (C=O) groups is 1. The van der Waals surface area contributed by atoms with Crippen LogP contribution in [0.4, 0.5) is 5.69 Å². The molecule has 3 rings (SSSR count). The number of aromatic carboxylic acids is 1. The van der Waals surface area contributed by atoms with Gasteiger partial charge in [-0.15, -0.1) is 11.3 Å². The van der Waals surface area contributed by atoms with E-state index < -0.39 is 5.97 Å². The van der Waals surface area contributed by atoms with Crippen LogP contribution in [0.3, 0.4) is 0 Å². The quantitative estimate of drug-likeness (QED) is 0.901. The van der Waals surface area contributed by atoms with Gasteiger partial charge in [-0.3, -0.25) is 0 Å². The van der Waals surface area contributed by atoms with E-state index in [9.17, 15) is 4.79 Å². The zero-order valence-electron chi connectivity index (χ0n) is 9.67. The van der Waals surface area contributed by atoms with Gasteiger partial charge in [-0.25, -0.2) is 9.78 Å². The van der Waals surface area contributed by atoms with Gasteiger partial charge in [-0.1, -0.05) is 0 Å². The Labute approximate surface area is 109 Å². The summed E-state index contributed by atoms with van der Waals surface area (Å²) >= 11 is 1.77. The zero-order chi connectivity index (χ0) is 12.5. The monoisotopic (exact) mass is 260 g/mol. The molecular formula is C13H12N2O2S. The Morgan fingerprint density at radius 3 is 3.17 bits per heavy atom. The molecule has 92 valence electrons. The molecule has 5 heteroatoms. The Kier molecular flexibility index (Phi) is 2.76. The molecule has 3 heterocycles. The predicted octanol–water partition coefficient (Wildman–Crippen LogP) is 2.40. The van der Waals surface area contributed by atoms with Crippen LogP contribution >= 0.6 is 11.3 Å². The first-order valence-corrected chi connectivity index (χ1v) is 6.62. The fraction of sp³-hybridized carbons (Fsp3) is 0.231. The summed E-state index contributed by atoms with van der Waals surface area (Å²) in [6.07, 6.45) is 2.49. The van der Waals surface area contributed by atoms with Crippen molar-refractivity contribution in [2.45, 2.75) is 13.0 Å². The maximum absolute atomic E-state index is 11.2. The van der Waals surface area contributed by atoms with Crippen molar-refractivity contribution < 1.29 is 9.90 Å². The second kappa shape index (κ2) is 4.42. The molecule has 0 bridgehead atoms. The summed E-state index contributed by atoms with van der Waals surface area (Å²) in [5, 5.41) is 11.3. The highest BCUT2D eigenvalue weighted by Gasteiger charge is 2.22. The molecule has 0 atom stereocenters. The van der Waals surface area contributed by atoms with E-state index >= 15 is 0 Å². The minimum Gasteiger partial charge on any atom is -0.476 e. The number of nitrogens with zero attached hydrogens (tertiary/aromatic N) is 2. The third-order valence-electron chi connectivity index (χ3n) is 3.14. The summed E-state index contributed by atoms with van der Waals surface area (Å²) in [6, 6.07) is 5.72. The maximum Gasteiger partial charge on any atom is 0.356 e. The number of pyridine rings is 1. The molecule has 0 spiro atoms. The molecule has 2 aromatic rings. The van der Waals surface area contributed by atoms with Crippen LogP contribution in [0.25, 0.3) is 0 Å². The van der Waals surface area contributed by atoms with Crippen LogP contribution in [0, 0.1) is 0 Å². The average Bonchev–Trinajstić information content (AvgIpc) is 2.85. The summed E-state index contributed by atoms with van der Waals surface area (Å²) in [5.41, 5.74) is 2.14. The van der Waals surface area contributed by atoms with E-state index in [1.807, 2.05) is 6.07 Å². The van der Waals surface area contributed by atoms with Crippen LogP contribution in [0.15, 0.2) is 29.8 Å². The van der Waals surface area contributed by atoms with E-state index in [2.05, 4.69) is 21.3 Å². The van der Waals surface area contributed by atoms with Crippen LogP contribution in [-0.2, 0) is 13.0 Å². The second-order valence-electron chi connectivity index (χ2n) is 4.22. The molecule has 0 amide bonds. The standard InChI is InChI=1S/C13H12N2O2S/c16-13(17)12-10(2-1-5-14-12)15-6-3-11-9(8-15)4-7-18-11/h1-2,4-5,7H,3,6,8H2,(H,16,17). The van der Waals surface area contributed by atoms with Crippen molar-refractivity contribution in [3.63, 3.8) is 0 Å². The number of fused-ring (bicyclic) bond motifs is 1. The van der Waals surface area contributed by atoms with Crippen LogP contribution < -0.4 is 4.90 Å². The van der Waals surface area contributed by atoms with Crippen molar-refractivity contribution in [2.24, 2.45) is 0 Å². The number of carboxylic acids is 1. The molecule has 0 unspecified atom stereocenters. The number of hydrogen-bond donors (Lipinski definition) is 1. The summed E-state index contributed by atoms with van der Waals surface area (Å²) < 4.78 is 0. The molecule has 18 heavy (non-hydrogen) atoms. The van der Waals surface area contributed by atoms with Crippen molar-refractivity contribution >= 4 is 23.0 Å². The van der Waals surface area contributed by atoms with Gasteiger partial charge in [0, 0.05) is 24.2 Å². The van der Waals surface area contributed by atoms with Crippen molar-refractivity contribution in [3.8, 4) is 0 Å². The molecule has 0 saturated carbocycles. The highest BCUT2D eigenvalue weighted by Crippen LogP contribution is 2.28. The third kappa shape index (κ3) is 1.86. The van der Waals surface area contributed by atoms with Crippen molar-refractivity contribution in [1.29, 1.82) is 0 Å². The minimum atomic E-state index is -0.971. The lowest BCUT2D eigenvalue weighted by Gasteiger charge is -2.29. The van der Waals surface area contributed by atoms with Gasteiger partial charge in [0.05, 0.1) is 5.69 Å². The minimum absolute atomic E-state index is 0.135. The van der Waals surface area contributed by atoms with Gasteiger partial charge < -0.3 is 10.0 Å². The first-order valence-electron chi connectivity index (χ1n) is 5.74. The Morgan fingerprint density at radius 1 is 1.44 bits per heavy atom. The molecule has 0 aliphatic carbocycles. The SMILES string of the molecule is O=C(O)c1ncccc1N1CCc2sccc2C1. The molecule has 2 aromatic heterocycles. The average molecular weight is 260 g/mol. The summed E-state index contributed by atoms with van der Waals surface area (Å²) in [5.74, 6) is -0.971. The van der Waals surface area contributed by atoms with Crippen LogP contribution in [-0.4, -0.2) is 22.6 Å². The van der Waals surface area contributed by atoms with Crippen molar-refractivity contribution in [3.05, 3.63) is 45.9 Å². The molecule has 0 fully saturated rings. The van der Waals surface area contributed by atoms with Crippen LogP contribution in [0.5, 0.6) is 0 Å². The lowest BCUT2D eigenvalue weighted by atomic mass is 10.1. The number of carboxylic acid groups (broad SMARTS) is 1. The van der Waals surface area contributed by atoms with Gasteiger partial charge in [0.15, 0.2) is 5.69 Å². The number of hydrogen-bond acceptors (Lipinski definition) is 4. The van der Waals surface area contributed by atoms with Gasteiger partial charge >= 0.3 is 5.97 Å². The predicted molar refractivity (Wildman–Crippen MR) is 70.3 cm³/mol. The highest BCUT2D eigenvalue weighted by atomic mass is 32.1. The van der Waals surface area contributed by atoms with Gasteiger partial charge in [0.25, 0.3) is 0 Å². The van der Waals surface area contributed by atoms with Gasteiger partial charge in [0.2, 0.25) is 0 Å². The van der Waals surface area contributed by atoms with E-state index in [-0.39, 0.29) is 5.69 Å². The summed E-state index contributed by atoms with van der Waals surface area (Å²) in [4.78, 5) is 18.6. The number of aromatic nitrogens is 1. The van der Waals surface area contributed by atoms with E-state index in [0.717, 1.165) is 19.5 Å². The first kappa shape index (κ1) is 11.2. The van der Waals surface area contributed by atoms with Gasteiger partial charge in [-0.2, -0.15) is 0 Å². The van der Waals surface area contributed by atoms with Gasteiger partial charge in [-0.05, 0) is 35.6 Å². The van der Waals surface area contributed by atoms with E-state index in [4.69, 9.17) is 5.11 Å². The van der Waals surface area contributed by atoms with Crippen molar-refractivity contribution in [1.82, 2.24) is 4.98 Å². The van der Waals surface area contributed by atoms with E-state index in [1.165, 1.54) is 16.6 Å². The number of rotatable bonds is 2. The molecule has 0 radical (unpaired) electrons. The largest absolute Gasteiger partial charge is 0.476 e. The number of thiophene rings is 1. The summed E-state index contributed by atoms with van der Waals surface area (Å²) in [7, 11) is 0. The Hall–Kier alpha value is -1.88. The molecule has 1 aliphatic rings. The summed E-state index contributed by atoms with van der Waals surface area (Å²) in [6.45, 7) is 1.62. The van der Waals surface area contributed by atoms with E-state index in [1.54, 1.807) is 17.4 Å². The normalized spacial score (nSPS) is 14.3. The molecule has 1 aliphatic heterocycles. The van der Waals surface area contributed by atoms with Crippen LogP contribution in [0.1, 0.15) is 20.9 Å². The Balaban J connectivity index is 1.95. The van der Waals surface area contributed by atoms with E-state index in [0.29, 0.717) is 5.69 Å². The Bertz CT molecular complexity index is 594. The topological polar surface area (TPSA) is 53.4 Å². The maximum atomic E-state index is 11.2. The molecular weight excluding hydrogens is 248 g/mol. The zero-order valence-corrected chi connectivity index (χ0v) is 10.5. The molecule has 4 nitrogen and oxygen atoms in total. The first-order chi connectivity index (χ1) is 8.75. The highest BCUT2D eigenvalue weighted by molar-refractivity contribution is 7.10. The lowest BCUT2D eigenvalue weighted by Crippen LogP contribution is -2.31. The lowest BCUT2D eigenvalue weighted by molar-refractivity contribution is 0.0691. The smallest absolute Gasteiger partial charge is 0.356 e. The molecule has 1 N–H and O–H groups in total. The fourth-order valence-electron chi connectivity index (χ4n) is 2.27. The van der Waals surface area contributed by atoms with Crippen LogP contribution in [0.2, 0.25) is 0 Å². The fourth-order valence-corrected chi connectivity index (χ4v) is 3.16. The van der Waals surface area contributed by atoms with Gasteiger partial charge in [0.1, 0.15) is 0 Å². The third-order valence-corrected chi connectivity index (χ3v) is 4.16. The molecule has 0 saturated heterocycles. The Morgan fingerprint density at radius 2 is 2.33 bits per heavy atom. The van der Waals surface area contributed by atoms with Crippen molar-refractivity contribution in [2.75, 3.05) is 11.4 Å².